The summed E-state index contributed by atoms with van der Waals surface area (Å²) in [6, 6.07) is 8.18. The van der Waals surface area contributed by atoms with Crippen LogP contribution in [-0.4, -0.2) is 20.4 Å². The predicted molar refractivity (Wildman–Crippen MR) is 103 cm³/mol. The second-order valence-corrected chi connectivity index (χ2v) is 7.71. The van der Waals surface area contributed by atoms with Gasteiger partial charge in [0, 0.05) is 20.1 Å². The standard InChI is InChI=1S/C18H16Br2N4/c1-9-5-13(19)6-10(2)15(9)17-21-23-18(24-22-17)16-11(3)7-14(20)8-12(16)4/h5-8H,1-4H3. The Morgan fingerprint density at radius 2 is 0.792 bits per heavy atom. The molecule has 0 aliphatic rings. The third kappa shape index (κ3) is 3.26. The second-order valence-electron chi connectivity index (χ2n) is 5.88. The molecule has 0 bridgehead atoms. The summed E-state index contributed by atoms with van der Waals surface area (Å²) in [5, 5.41) is 17.3. The van der Waals surface area contributed by atoms with Crippen molar-refractivity contribution in [1.29, 1.82) is 0 Å². The predicted octanol–water partition coefficient (Wildman–Crippen LogP) is 5.36. The molecule has 24 heavy (non-hydrogen) atoms. The zero-order valence-electron chi connectivity index (χ0n) is 13.9. The number of aromatic nitrogens is 4. The van der Waals surface area contributed by atoms with Gasteiger partial charge in [-0.3, -0.25) is 0 Å². The molecule has 0 aliphatic carbocycles. The highest BCUT2D eigenvalue weighted by Crippen LogP contribution is 2.29. The van der Waals surface area contributed by atoms with E-state index in [4.69, 9.17) is 0 Å². The van der Waals surface area contributed by atoms with E-state index in [-0.39, 0.29) is 0 Å². The third-order valence-corrected chi connectivity index (χ3v) is 4.84. The fourth-order valence-electron chi connectivity index (χ4n) is 2.96. The Morgan fingerprint density at radius 3 is 1.04 bits per heavy atom. The summed E-state index contributed by atoms with van der Waals surface area (Å²) >= 11 is 7.02. The summed E-state index contributed by atoms with van der Waals surface area (Å²) in [6.07, 6.45) is 0. The van der Waals surface area contributed by atoms with Gasteiger partial charge in [-0.1, -0.05) is 31.9 Å². The molecule has 2 aromatic carbocycles. The number of rotatable bonds is 2. The Labute approximate surface area is 158 Å². The Kier molecular flexibility index (Phi) is 4.78. The van der Waals surface area contributed by atoms with Crippen molar-refractivity contribution < 1.29 is 0 Å². The van der Waals surface area contributed by atoms with Crippen LogP contribution in [0.3, 0.4) is 0 Å². The van der Waals surface area contributed by atoms with Gasteiger partial charge in [0.1, 0.15) is 0 Å². The Morgan fingerprint density at radius 1 is 0.542 bits per heavy atom. The minimum Gasteiger partial charge on any atom is -0.126 e. The highest BCUT2D eigenvalue weighted by molar-refractivity contribution is 9.10. The molecule has 6 heteroatoms. The van der Waals surface area contributed by atoms with Gasteiger partial charge in [0.25, 0.3) is 0 Å². The molecule has 3 aromatic rings. The van der Waals surface area contributed by atoms with Crippen molar-refractivity contribution in [3.63, 3.8) is 0 Å². The first-order chi connectivity index (χ1) is 11.4. The normalized spacial score (nSPS) is 10.9. The summed E-state index contributed by atoms with van der Waals surface area (Å²) in [7, 11) is 0. The van der Waals surface area contributed by atoms with Crippen molar-refractivity contribution in [1.82, 2.24) is 20.4 Å². The van der Waals surface area contributed by atoms with Gasteiger partial charge < -0.3 is 0 Å². The topological polar surface area (TPSA) is 51.6 Å². The number of hydrogen-bond donors (Lipinski definition) is 0. The zero-order valence-corrected chi connectivity index (χ0v) is 17.0. The first-order valence-corrected chi connectivity index (χ1v) is 9.07. The Bertz CT molecular complexity index is 798. The molecule has 0 amide bonds. The van der Waals surface area contributed by atoms with Gasteiger partial charge in [0.2, 0.25) is 11.6 Å². The van der Waals surface area contributed by atoms with Crippen molar-refractivity contribution in [2.45, 2.75) is 27.7 Å². The number of hydrogen-bond acceptors (Lipinski definition) is 4. The fraction of sp³-hybridized carbons (Fsp3) is 0.222. The molecule has 0 spiro atoms. The van der Waals surface area contributed by atoms with E-state index >= 15 is 0 Å². The maximum Gasteiger partial charge on any atom is 0.204 e. The minimum atomic E-state index is 0.550. The summed E-state index contributed by atoms with van der Waals surface area (Å²) in [6.45, 7) is 8.14. The van der Waals surface area contributed by atoms with E-state index in [1.165, 1.54) is 0 Å². The van der Waals surface area contributed by atoms with Crippen LogP contribution in [0.4, 0.5) is 0 Å². The largest absolute Gasteiger partial charge is 0.204 e. The molecule has 1 heterocycles. The molecule has 122 valence electrons. The molecule has 4 nitrogen and oxygen atoms in total. The fourth-order valence-corrected chi connectivity index (χ4v) is 4.33. The lowest BCUT2D eigenvalue weighted by Crippen LogP contribution is -2.03. The summed E-state index contributed by atoms with van der Waals surface area (Å²) in [5.41, 5.74) is 6.33. The average Bonchev–Trinajstić information content (AvgIpc) is 2.46. The summed E-state index contributed by atoms with van der Waals surface area (Å²) < 4.78 is 2.08. The van der Waals surface area contributed by atoms with Crippen LogP contribution in [0.15, 0.2) is 33.2 Å². The molecule has 0 radical (unpaired) electrons. The second kappa shape index (κ2) is 6.69. The first-order valence-electron chi connectivity index (χ1n) is 7.48. The van der Waals surface area contributed by atoms with Crippen molar-refractivity contribution in [3.8, 4) is 22.8 Å². The number of nitrogens with zero attached hydrogens (tertiary/aromatic N) is 4. The van der Waals surface area contributed by atoms with E-state index < -0.39 is 0 Å². The highest BCUT2D eigenvalue weighted by Gasteiger charge is 2.14. The van der Waals surface area contributed by atoms with E-state index in [9.17, 15) is 0 Å². The molecule has 0 atom stereocenters. The van der Waals surface area contributed by atoms with E-state index in [1.807, 2.05) is 52.0 Å². The van der Waals surface area contributed by atoms with Crippen molar-refractivity contribution in [2.24, 2.45) is 0 Å². The molecule has 0 aliphatic heterocycles. The minimum absolute atomic E-state index is 0.550. The van der Waals surface area contributed by atoms with Gasteiger partial charge in [-0.15, -0.1) is 20.4 Å². The van der Waals surface area contributed by atoms with Gasteiger partial charge in [0.05, 0.1) is 0 Å². The lowest BCUT2D eigenvalue weighted by Gasteiger charge is -2.10. The number of halogens is 2. The SMILES string of the molecule is Cc1cc(Br)cc(C)c1-c1nnc(-c2c(C)cc(Br)cc2C)nn1. The van der Waals surface area contributed by atoms with Crippen LogP contribution in [0.2, 0.25) is 0 Å². The van der Waals surface area contributed by atoms with Crippen LogP contribution in [-0.2, 0) is 0 Å². The maximum absolute atomic E-state index is 4.33. The van der Waals surface area contributed by atoms with Crippen LogP contribution in [0, 0.1) is 27.7 Å². The van der Waals surface area contributed by atoms with Crippen molar-refractivity contribution in [2.75, 3.05) is 0 Å². The van der Waals surface area contributed by atoms with E-state index in [0.29, 0.717) is 11.6 Å². The molecule has 1 aromatic heterocycles. The molecule has 0 unspecified atom stereocenters. The van der Waals surface area contributed by atoms with Crippen molar-refractivity contribution in [3.05, 3.63) is 55.5 Å². The third-order valence-electron chi connectivity index (χ3n) is 3.92. The van der Waals surface area contributed by atoms with Crippen LogP contribution in [0.1, 0.15) is 22.3 Å². The molecule has 0 saturated carbocycles. The first kappa shape index (κ1) is 17.2. The molecule has 0 N–H and O–H groups in total. The Balaban J connectivity index is 2.07. The lowest BCUT2D eigenvalue weighted by molar-refractivity contribution is 0.871. The van der Waals surface area contributed by atoms with Gasteiger partial charge in [-0.2, -0.15) is 0 Å². The smallest absolute Gasteiger partial charge is 0.126 e. The highest BCUT2D eigenvalue weighted by atomic mass is 79.9. The van der Waals surface area contributed by atoms with Crippen LogP contribution < -0.4 is 0 Å². The van der Waals surface area contributed by atoms with Crippen LogP contribution >= 0.6 is 31.9 Å². The van der Waals surface area contributed by atoms with Crippen LogP contribution in [0.5, 0.6) is 0 Å². The maximum atomic E-state index is 4.33. The summed E-state index contributed by atoms with van der Waals surface area (Å²) in [5.74, 6) is 1.10. The molecule has 3 rings (SSSR count). The van der Waals surface area contributed by atoms with E-state index in [2.05, 4.69) is 52.3 Å². The number of benzene rings is 2. The lowest BCUT2D eigenvalue weighted by atomic mass is 10.0. The van der Waals surface area contributed by atoms with Crippen LogP contribution in [0.25, 0.3) is 22.8 Å². The zero-order chi connectivity index (χ0) is 17.4. The number of aryl methyl sites for hydroxylation is 4. The Hall–Kier alpha value is -1.66. The van der Waals surface area contributed by atoms with Gasteiger partial charge in [-0.05, 0) is 74.2 Å². The van der Waals surface area contributed by atoms with Crippen molar-refractivity contribution >= 4 is 31.9 Å². The van der Waals surface area contributed by atoms with Gasteiger partial charge >= 0.3 is 0 Å². The van der Waals surface area contributed by atoms with Gasteiger partial charge in [0.15, 0.2) is 0 Å². The van der Waals surface area contributed by atoms with E-state index in [0.717, 1.165) is 42.3 Å². The quantitative estimate of drug-likeness (QED) is 0.530. The molecular weight excluding hydrogens is 432 g/mol. The average molecular weight is 448 g/mol. The molecule has 0 saturated heterocycles. The molecular formula is C18H16Br2N4. The molecule has 0 fully saturated rings. The summed E-state index contributed by atoms with van der Waals surface area (Å²) in [4.78, 5) is 0. The van der Waals surface area contributed by atoms with Gasteiger partial charge in [-0.25, -0.2) is 0 Å². The van der Waals surface area contributed by atoms with E-state index in [1.54, 1.807) is 0 Å². The monoisotopic (exact) mass is 446 g/mol.